The van der Waals surface area contributed by atoms with Crippen LogP contribution in [0.15, 0.2) is 17.8 Å². The maximum Gasteiger partial charge on any atom is 0.193 e. The number of rotatable bonds is 4. The van der Waals surface area contributed by atoms with Crippen molar-refractivity contribution in [2.24, 2.45) is 5.73 Å². The van der Waals surface area contributed by atoms with Gasteiger partial charge >= 0.3 is 0 Å². The van der Waals surface area contributed by atoms with Gasteiger partial charge in [-0.2, -0.15) is 0 Å². The molecule has 2 N–H and O–H groups in total. The lowest BCUT2D eigenvalue weighted by atomic mass is 10.6. The first-order valence-corrected chi connectivity index (χ1v) is 7.12. The Hall–Kier alpha value is -0.920. The van der Waals surface area contributed by atoms with E-state index in [1.54, 1.807) is 6.20 Å². The Labute approximate surface area is 91.5 Å². The van der Waals surface area contributed by atoms with Gasteiger partial charge in [-0.15, -0.1) is 11.3 Å². The molecule has 2 aromatic heterocycles. The zero-order valence-corrected chi connectivity index (χ0v) is 9.59. The highest BCUT2D eigenvalue weighted by Gasteiger charge is 2.13. The molecule has 82 valence electrons. The maximum atomic E-state index is 11.5. The molecule has 0 aromatic carbocycles. The molecule has 0 atom stereocenters. The van der Waals surface area contributed by atoms with Crippen molar-refractivity contribution in [2.45, 2.75) is 5.75 Å². The predicted octanol–water partition coefficient (Wildman–Crippen LogP) is 0.269. The Morgan fingerprint density at radius 3 is 3.00 bits per heavy atom. The Morgan fingerprint density at radius 2 is 2.33 bits per heavy atom. The topological polar surface area (TPSA) is 77.5 Å². The van der Waals surface area contributed by atoms with Crippen molar-refractivity contribution in [3.05, 3.63) is 23.5 Å². The third-order valence-electron chi connectivity index (χ3n) is 1.94. The first-order chi connectivity index (χ1) is 7.11. The molecule has 15 heavy (non-hydrogen) atoms. The van der Waals surface area contributed by atoms with Crippen LogP contribution in [0.25, 0.3) is 4.96 Å². The van der Waals surface area contributed by atoms with Crippen LogP contribution in [0.2, 0.25) is 0 Å². The number of imidazole rings is 1. The zero-order chi connectivity index (χ0) is 10.9. The Morgan fingerprint density at radius 1 is 1.53 bits per heavy atom. The molecule has 0 aliphatic carbocycles. The lowest BCUT2D eigenvalue weighted by molar-refractivity contribution is 0.594. The summed E-state index contributed by atoms with van der Waals surface area (Å²) >= 11 is 1.48. The second kappa shape index (κ2) is 3.92. The van der Waals surface area contributed by atoms with Gasteiger partial charge in [-0.25, -0.2) is 13.4 Å². The van der Waals surface area contributed by atoms with Gasteiger partial charge in [0.25, 0.3) is 0 Å². The summed E-state index contributed by atoms with van der Waals surface area (Å²) in [6.07, 6.45) is 3.59. The molecule has 2 heterocycles. The lowest BCUT2D eigenvalue weighted by Gasteiger charge is -1.98. The van der Waals surface area contributed by atoms with Crippen LogP contribution >= 0.6 is 11.3 Å². The molecule has 0 aliphatic heterocycles. The standard InChI is InChI=1S/C8H11N3O2S2/c9-1-4-15(12,13)6-7-5-11-2-3-14-8(11)10-7/h2-3,5H,1,4,6,9H2. The second-order valence-electron chi connectivity index (χ2n) is 3.21. The molecule has 0 spiro atoms. The van der Waals surface area contributed by atoms with Crippen LogP contribution in [0.4, 0.5) is 0 Å². The number of nitrogens with two attached hydrogens (primary N) is 1. The maximum absolute atomic E-state index is 11.5. The summed E-state index contributed by atoms with van der Waals surface area (Å²) in [5.41, 5.74) is 5.80. The fourth-order valence-corrected chi connectivity index (χ4v) is 3.13. The molecule has 5 nitrogen and oxygen atoms in total. The quantitative estimate of drug-likeness (QED) is 0.838. The van der Waals surface area contributed by atoms with E-state index in [4.69, 9.17) is 5.73 Å². The summed E-state index contributed by atoms with van der Waals surface area (Å²) in [5.74, 6) is -0.0171. The normalized spacial score (nSPS) is 12.3. The van der Waals surface area contributed by atoms with Gasteiger partial charge in [-0.05, 0) is 0 Å². The molecular weight excluding hydrogens is 234 g/mol. The highest BCUT2D eigenvalue weighted by atomic mass is 32.2. The fraction of sp³-hybridized carbons (Fsp3) is 0.375. The number of sulfone groups is 1. The van der Waals surface area contributed by atoms with Gasteiger partial charge in [0, 0.05) is 24.3 Å². The minimum Gasteiger partial charge on any atom is -0.329 e. The molecule has 0 unspecified atom stereocenters. The first-order valence-electron chi connectivity index (χ1n) is 4.42. The molecular formula is C8H11N3O2S2. The van der Waals surface area contributed by atoms with Crippen molar-refractivity contribution in [3.63, 3.8) is 0 Å². The van der Waals surface area contributed by atoms with E-state index >= 15 is 0 Å². The first kappa shape index (κ1) is 10.6. The summed E-state index contributed by atoms with van der Waals surface area (Å²) in [6.45, 7) is 0.157. The summed E-state index contributed by atoms with van der Waals surface area (Å²) < 4.78 is 24.8. The minimum absolute atomic E-state index is 0.0121. The van der Waals surface area contributed by atoms with E-state index < -0.39 is 9.84 Å². The Kier molecular flexibility index (Phi) is 2.76. The predicted molar refractivity (Wildman–Crippen MR) is 59.6 cm³/mol. The number of nitrogens with zero attached hydrogens (tertiary/aromatic N) is 2. The fourth-order valence-electron chi connectivity index (χ4n) is 1.32. The van der Waals surface area contributed by atoms with Crippen molar-refractivity contribution in [2.75, 3.05) is 12.3 Å². The number of aromatic nitrogens is 2. The van der Waals surface area contributed by atoms with Gasteiger partial charge < -0.3 is 5.73 Å². The van der Waals surface area contributed by atoms with E-state index in [0.29, 0.717) is 5.69 Å². The monoisotopic (exact) mass is 245 g/mol. The third kappa shape index (κ3) is 2.36. The van der Waals surface area contributed by atoms with E-state index in [-0.39, 0.29) is 18.1 Å². The largest absolute Gasteiger partial charge is 0.329 e. The molecule has 0 bridgehead atoms. The molecule has 0 aliphatic rings. The van der Waals surface area contributed by atoms with Crippen LogP contribution in [-0.4, -0.2) is 30.1 Å². The van der Waals surface area contributed by atoms with E-state index in [1.807, 2.05) is 16.0 Å². The van der Waals surface area contributed by atoms with Gasteiger partial charge in [0.05, 0.1) is 17.2 Å². The molecule has 0 saturated carbocycles. The zero-order valence-electron chi connectivity index (χ0n) is 7.96. The molecule has 0 radical (unpaired) electrons. The summed E-state index contributed by atoms with van der Waals surface area (Å²) in [4.78, 5) is 5.01. The summed E-state index contributed by atoms with van der Waals surface area (Å²) in [7, 11) is -3.11. The van der Waals surface area contributed by atoms with E-state index in [9.17, 15) is 8.42 Å². The van der Waals surface area contributed by atoms with E-state index in [2.05, 4.69) is 4.98 Å². The Bertz CT molecular complexity index is 527. The number of hydrogen-bond acceptors (Lipinski definition) is 5. The SMILES string of the molecule is NCCS(=O)(=O)Cc1cn2ccsc2n1. The molecule has 2 aromatic rings. The van der Waals surface area contributed by atoms with Gasteiger partial charge in [-0.1, -0.05) is 0 Å². The van der Waals surface area contributed by atoms with Crippen LogP contribution in [0.5, 0.6) is 0 Å². The third-order valence-corrected chi connectivity index (χ3v) is 4.30. The average Bonchev–Trinajstić information content (AvgIpc) is 2.61. The molecule has 0 saturated heterocycles. The smallest absolute Gasteiger partial charge is 0.193 e. The van der Waals surface area contributed by atoms with Gasteiger partial charge in [-0.3, -0.25) is 4.40 Å². The van der Waals surface area contributed by atoms with Crippen LogP contribution in [0.3, 0.4) is 0 Å². The highest BCUT2D eigenvalue weighted by Crippen LogP contribution is 2.13. The number of fused-ring (bicyclic) bond motifs is 1. The van der Waals surface area contributed by atoms with Crippen LogP contribution < -0.4 is 5.73 Å². The molecule has 0 amide bonds. The number of thiazole rings is 1. The molecule has 0 fully saturated rings. The second-order valence-corrected chi connectivity index (χ2v) is 6.26. The minimum atomic E-state index is -3.11. The van der Waals surface area contributed by atoms with Gasteiger partial charge in [0.1, 0.15) is 0 Å². The van der Waals surface area contributed by atoms with Crippen molar-refractivity contribution < 1.29 is 8.42 Å². The van der Waals surface area contributed by atoms with Crippen molar-refractivity contribution in [1.29, 1.82) is 0 Å². The van der Waals surface area contributed by atoms with Gasteiger partial charge in [0.2, 0.25) is 0 Å². The highest BCUT2D eigenvalue weighted by molar-refractivity contribution is 7.90. The van der Waals surface area contributed by atoms with Crippen LogP contribution in [-0.2, 0) is 15.6 Å². The van der Waals surface area contributed by atoms with Crippen molar-refractivity contribution in [1.82, 2.24) is 9.38 Å². The summed E-state index contributed by atoms with van der Waals surface area (Å²) in [5, 5.41) is 1.90. The van der Waals surface area contributed by atoms with Crippen LogP contribution in [0, 0.1) is 0 Å². The number of hydrogen-bond donors (Lipinski definition) is 1. The summed E-state index contributed by atoms with van der Waals surface area (Å²) in [6, 6.07) is 0. The van der Waals surface area contributed by atoms with Gasteiger partial charge in [0.15, 0.2) is 14.8 Å². The average molecular weight is 245 g/mol. The lowest BCUT2D eigenvalue weighted by Crippen LogP contribution is -2.17. The van der Waals surface area contributed by atoms with Crippen LogP contribution in [0.1, 0.15) is 5.69 Å². The molecule has 7 heteroatoms. The van der Waals surface area contributed by atoms with Crippen molar-refractivity contribution in [3.8, 4) is 0 Å². The Balaban J connectivity index is 2.22. The van der Waals surface area contributed by atoms with E-state index in [1.165, 1.54) is 11.3 Å². The van der Waals surface area contributed by atoms with E-state index in [0.717, 1.165) is 4.96 Å². The van der Waals surface area contributed by atoms with Crippen molar-refractivity contribution >= 4 is 26.1 Å². The molecule has 2 rings (SSSR count).